The zero-order valence-corrected chi connectivity index (χ0v) is 56.1. The molecule has 0 aliphatic heterocycles. The normalized spacial score (nSPS) is 12.0. The summed E-state index contributed by atoms with van der Waals surface area (Å²) in [6, 6.07) is 0. The number of allylic oxidation sites excluding steroid dienone is 2. The van der Waals surface area contributed by atoms with Gasteiger partial charge >= 0.3 is 17.9 Å². The molecule has 0 rings (SSSR count). The Morgan fingerprint density at radius 1 is 0.232 bits per heavy atom. The van der Waals surface area contributed by atoms with Gasteiger partial charge in [-0.2, -0.15) is 0 Å². The van der Waals surface area contributed by atoms with E-state index in [-0.39, 0.29) is 31.1 Å². The van der Waals surface area contributed by atoms with E-state index in [0.717, 1.165) is 57.8 Å². The van der Waals surface area contributed by atoms with Gasteiger partial charge in [0, 0.05) is 19.3 Å². The molecule has 0 aromatic carbocycles. The first-order valence-electron chi connectivity index (χ1n) is 37.7. The predicted octanol–water partition coefficient (Wildman–Crippen LogP) is 26.0. The van der Waals surface area contributed by atoms with Gasteiger partial charge in [-0.15, -0.1) is 0 Å². The summed E-state index contributed by atoms with van der Waals surface area (Å²) in [6.07, 6.45) is 87.5. The van der Waals surface area contributed by atoms with Crippen LogP contribution in [0.5, 0.6) is 0 Å². The van der Waals surface area contributed by atoms with E-state index in [9.17, 15) is 14.4 Å². The second-order valence-electron chi connectivity index (χ2n) is 25.9. The Balaban J connectivity index is 3.90. The number of esters is 3. The highest BCUT2D eigenvalue weighted by molar-refractivity contribution is 5.71. The second kappa shape index (κ2) is 71.6. The summed E-state index contributed by atoms with van der Waals surface area (Å²) < 4.78 is 16.9. The smallest absolute Gasteiger partial charge is 0.306 e. The van der Waals surface area contributed by atoms with Crippen molar-refractivity contribution in [1.82, 2.24) is 0 Å². The van der Waals surface area contributed by atoms with E-state index >= 15 is 0 Å². The molecule has 0 aliphatic rings. The molecule has 82 heavy (non-hydrogen) atoms. The quantitative estimate of drug-likeness (QED) is 0.0261. The number of hydrogen-bond donors (Lipinski definition) is 0. The molecule has 0 saturated heterocycles. The predicted molar refractivity (Wildman–Crippen MR) is 358 cm³/mol. The molecule has 0 fully saturated rings. The first-order valence-corrected chi connectivity index (χ1v) is 37.7. The topological polar surface area (TPSA) is 78.9 Å². The Morgan fingerprint density at radius 2 is 0.402 bits per heavy atom. The van der Waals surface area contributed by atoms with Crippen molar-refractivity contribution < 1.29 is 28.6 Å². The van der Waals surface area contributed by atoms with E-state index in [1.807, 2.05) is 0 Å². The third-order valence-corrected chi connectivity index (χ3v) is 17.5. The molecule has 1 unspecified atom stereocenters. The first kappa shape index (κ1) is 80.2. The third-order valence-electron chi connectivity index (χ3n) is 17.5. The molecule has 0 heterocycles. The van der Waals surface area contributed by atoms with Crippen molar-refractivity contribution in [2.45, 2.75) is 444 Å². The summed E-state index contributed by atoms with van der Waals surface area (Å²) in [5.74, 6) is -0.838. The van der Waals surface area contributed by atoms with Crippen LogP contribution in [-0.2, 0) is 28.6 Å². The van der Waals surface area contributed by atoms with Gasteiger partial charge in [-0.25, -0.2) is 0 Å². The lowest BCUT2D eigenvalue weighted by atomic mass is 10.0. The molecular weight excluding hydrogens is 1010 g/mol. The zero-order valence-electron chi connectivity index (χ0n) is 56.1. The average molecular weight is 1160 g/mol. The number of rotatable bonds is 71. The van der Waals surface area contributed by atoms with Crippen LogP contribution in [0.15, 0.2) is 12.2 Å². The van der Waals surface area contributed by atoms with Gasteiger partial charge in [0.2, 0.25) is 0 Å². The molecule has 6 nitrogen and oxygen atoms in total. The molecule has 0 saturated carbocycles. The van der Waals surface area contributed by atoms with Crippen LogP contribution >= 0.6 is 0 Å². The van der Waals surface area contributed by atoms with Gasteiger partial charge in [-0.3, -0.25) is 14.4 Å². The zero-order chi connectivity index (χ0) is 59.2. The molecule has 486 valence electrons. The fourth-order valence-electron chi connectivity index (χ4n) is 11.9. The fourth-order valence-corrected chi connectivity index (χ4v) is 11.9. The summed E-state index contributed by atoms with van der Waals surface area (Å²) in [5.41, 5.74) is 0. The fraction of sp³-hybridized carbons (Fsp3) is 0.934. The van der Waals surface area contributed by atoms with Gasteiger partial charge in [0.25, 0.3) is 0 Å². The summed E-state index contributed by atoms with van der Waals surface area (Å²) in [6.45, 7) is 6.67. The number of carbonyl (C=O) groups is 3. The minimum atomic E-state index is -0.763. The van der Waals surface area contributed by atoms with Crippen LogP contribution in [-0.4, -0.2) is 37.2 Å². The lowest BCUT2D eigenvalue weighted by molar-refractivity contribution is -0.167. The molecular formula is C76H146O6. The highest BCUT2D eigenvalue weighted by atomic mass is 16.6. The van der Waals surface area contributed by atoms with Crippen molar-refractivity contribution >= 4 is 17.9 Å². The van der Waals surface area contributed by atoms with Gasteiger partial charge in [-0.05, 0) is 44.9 Å². The van der Waals surface area contributed by atoms with Crippen LogP contribution in [0.25, 0.3) is 0 Å². The van der Waals surface area contributed by atoms with Crippen LogP contribution in [0.1, 0.15) is 438 Å². The summed E-state index contributed by atoms with van der Waals surface area (Å²) >= 11 is 0. The van der Waals surface area contributed by atoms with Crippen molar-refractivity contribution in [3.05, 3.63) is 12.2 Å². The van der Waals surface area contributed by atoms with Gasteiger partial charge in [0.1, 0.15) is 13.2 Å². The molecule has 1 atom stereocenters. The Morgan fingerprint density at radius 3 is 0.610 bits per heavy atom. The van der Waals surface area contributed by atoms with Gasteiger partial charge in [-0.1, -0.05) is 386 Å². The molecule has 0 aliphatic carbocycles. The number of unbranched alkanes of at least 4 members (excludes halogenated alkanes) is 58. The Kier molecular flexibility index (Phi) is 70.0. The monoisotopic (exact) mass is 1160 g/mol. The molecule has 0 spiro atoms. The molecule has 0 aromatic heterocycles. The van der Waals surface area contributed by atoms with E-state index < -0.39 is 6.10 Å². The molecule has 0 amide bonds. The van der Waals surface area contributed by atoms with Crippen LogP contribution in [0.4, 0.5) is 0 Å². The SMILES string of the molecule is CCCCCCCCCC/C=C\CCCCCCCCCCCCCCCCCCCCCCCC(=O)OCC(COC(=O)CCCCCCCC)OC(=O)CCCCCCCCCCCCCCCCCCCCCCCCCCC. The van der Waals surface area contributed by atoms with Gasteiger partial charge in [0.05, 0.1) is 0 Å². The maximum Gasteiger partial charge on any atom is 0.306 e. The van der Waals surface area contributed by atoms with Gasteiger partial charge < -0.3 is 14.2 Å². The molecule has 0 N–H and O–H groups in total. The number of carbonyl (C=O) groups excluding carboxylic acids is 3. The molecule has 6 heteroatoms. The lowest BCUT2D eigenvalue weighted by Gasteiger charge is -2.18. The van der Waals surface area contributed by atoms with E-state index in [1.165, 1.54) is 340 Å². The summed E-state index contributed by atoms with van der Waals surface area (Å²) in [5, 5.41) is 0. The molecule has 0 aromatic rings. The first-order chi connectivity index (χ1) is 40.5. The highest BCUT2D eigenvalue weighted by Crippen LogP contribution is 2.20. The lowest BCUT2D eigenvalue weighted by Crippen LogP contribution is -2.30. The second-order valence-corrected chi connectivity index (χ2v) is 25.9. The summed E-state index contributed by atoms with van der Waals surface area (Å²) in [4.78, 5) is 38.1. The molecule has 0 radical (unpaired) electrons. The van der Waals surface area contributed by atoms with Crippen molar-refractivity contribution in [1.29, 1.82) is 0 Å². The van der Waals surface area contributed by atoms with Crippen LogP contribution in [0.3, 0.4) is 0 Å². The number of hydrogen-bond acceptors (Lipinski definition) is 6. The third kappa shape index (κ3) is 68.9. The molecule has 0 bridgehead atoms. The van der Waals surface area contributed by atoms with E-state index in [4.69, 9.17) is 14.2 Å². The van der Waals surface area contributed by atoms with Crippen LogP contribution in [0.2, 0.25) is 0 Å². The average Bonchev–Trinajstić information content (AvgIpc) is 3.47. The van der Waals surface area contributed by atoms with E-state index in [1.54, 1.807) is 0 Å². The van der Waals surface area contributed by atoms with Crippen LogP contribution < -0.4 is 0 Å². The Hall–Kier alpha value is -1.85. The standard InChI is InChI=1S/C76H146O6/c1-4-7-10-13-16-18-20-22-24-26-28-30-32-34-35-36-37-38-39-40-41-43-44-46-48-50-52-54-56-58-60-63-66-69-75(78)81-72-73(71-80-74(77)68-65-62-15-12-9-6-3)82-76(79)70-67-64-61-59-57-55-53-51-49-47-45-42-33-31-29-27-25-23-21-19-17-14-11-8-5-2/h26,28,73H,4-25,27,29-72H2,1-3H3/b28-26-. The summed E-state index contributed by atoms with van der Waals surface area (Å²) in [7, 11) is 0. The van der Waals surface area contributed by atoms with Gasteiger partial charge in [0.15, 0.2) is 6.10 Å². The van der Waals surface area contributed by atoms with Crippen molar-refractivity contribution in [3.63, 3.8) is 0 Å². The maximum atomic E-state index is 12.9. The van der Waals surface area contributed by atoms with Crippen molar-refractivity contribution in [3.8, 4) is 0 Å². The minimum absolute atomic E-state index is 0.0628. The largest absolute Gasteiger partial charge is 0.462 e. The van der Waals surface area contributed by atoms with Crippen LogP contribution in [0, 0.1) is 0 Å². The highest BCUT2D eigenvalue weighted by Gasteiger charge is 2.20. The van der Waals surface area contributed by atoms with E-state index in [2.05, 4.69) is 32.9 Å². The van der Waals surface area contributed by atoms with Crippen molar-refractivity contribution in [2.75, 3.05) is 13.2 Å². The van der Waals surface area contributed by atoms with Crippen molar-refractivity contribution in [2.24, 2.45) is 0 Å². The van der Waals surface area contributed by atoms with E-state index in [0.29, 0.717) is 19.3 Å². The number of ether oxygens (including phenoxy) is 3. The minimum Gasteiger partial charge on any atom is -0.462 e. The Bertz CT molecular complexity index is 1280. The maximum absolute atomic E-state index is 12.9. The Labute approximate surface area is 513 Å².